The number of hydrogen-bond donors (Lipinski definition) is 1. The van der Waals surface area contributed by atoms with Crippen molar-refractivity contribution in [1.29, 1.82) is 0 Å². The van der Waals surface area contributed by atoms with Crippen LogP contribution in [0.15, 0.2) is 24.3 Å². The van der Waals surface area contributed by atoms with Crippen LogP contribution >= 0.6 is 0 Å². The summed E-state index contributed by atoms with van der Waals surface area (Å²) in [4.78, 5) is 12.4. The smallest absolute Gasteiger partial charge is 0.228 e. The minimum Gasteiger partial charge on any atom is -0.352 e. The van der Waals surface area contributed by atoms with Crippen LogP contribution < -0.4 is 5.32 Å². The summed E-state index contributed by atoms with van der Waals surface area (Å²) in [6.45, 7) is 3.83. The van der Waals surface area contributed by atoms with E-state index in [2.05, 4.69) is 5.32 Å². The summed E-state index contributed by atoms with van der Waals surface area (Å²) in [5.74, 6) is -0.780. The predicted molar refractivity (Wildman–Crippen MR) is 79.2 cm³/mol. The van der Waals surface area contributed by atoms with Gasteiger partial charge in [0.25, 0.3) is 0 Å². The van der Waals surface area contributed by atoms with Crippen molar-refractivity contribution in [2.75, 3.05) is 11.5 Å². The van der Waals surface area contributed by atoms with Gasteiger partial charge in [0.1, 0.15) is 5.82 Å². The van der Waals surface area contributed by atoms with Crippen molar-refractivity contribution in [3.8, 4) is 0 Å². The maximum absolute atomic E-state index is 13.0. The van der Waals surface area contributed by atoms with E-state index in [1.54, 1.807) is 12.1 Å². The lowest BCUT2D eigenvalue weighted by Crippen LogP contribution is -2.40. The van der Waals surface area contributed by atoms with Crippen molar-refractivity contribution < 1.29 is 17.6 Å². The highest BCUT2D eigenvalue weighted by Gasteiger charge is 2.32. The largest absolute Gasteiger partial charge is 0.352 e. The molecule has 2 atom stereocenters. The highest BCUT2D eigenvalue weighted by Crippen LogP contribution is 2.25. The third kappa shape index (κ3) is 4.03. The van der Waals surface area contributed by atoms with Crippen LogP contribution in [0.5, 0.6) is 0 Å². The zero-order chi connectivity index (χ0) is 15.6. The molecule has 2 rings (SSSR count). The minimum atomic E-state index is -3.02. The van der Waals surface area contributed by atoms with Crippen molar-refractivity contribution in [1.82, 2.24) is 5.32 Å². The second-order valence-corrected chi connectivity index (χ2v) is 8.11. The average molecular weight is 313 g/mol. The van der Waals surface area contributed by atoms with Gasteiger partial charge >= 0.3 is 0 Å². The molecule has 0 aromatic heterocycles. The summed E-state index contributed by atoms with van der Waals surface area (Å²) < 4.78 is 35.9. The van der Waals surface area contributed by atoms with Gasteiger partial charge in [0, 0.05) is 6.04 Å². The Bertz CT molecular complexity index is 610. The monoisotopic (exact) mass is 313 g/mol. The second-order valence-electron chi connectivity index (χ2n) is 5.88. The molecule has 1 aromatic rings. The molecule has 1 N–H and O–H groups in total. The van der Waals surface area contributed by atoms with Crippen LogP contribution in [-0.4, -0.2) is 31.9 Å². The molecule has 1 amide bonds. The van der Waals surface area contributed by atoms with Crippen LogP contribution in [0.3, 0.4) is 0 Å². The second kappa shape index (κ2) is 6.13. The van der Waals surface area contributed by atoms with Gasteiger partial charge in [-0.2, -0.15) is 0 Å². The van der Waals surface area contributed by atoms with Gasteiger partial charge in [-0.15, -0.1) is 0 Å². The van der Waals surface area contributed by atoms with Crippen molar-refractivity contribution in [2.24, 2.45) is 5.92 Å². The third-order valence-corrected chi connectivity index (χ3v) is 5.53. The third-order valence-electron chi connectivity index (χ3n) is 3.76. The molecule has 0 aliphatic carbocycles. The molecule has 0 radical (unpaired) electrons. The Morgan fingerprint density at radius 1 is 1.29 bits per heavy atom. The molecule has 0 bridgehead atoms. The fourth-order valence-electron chi connectivity index (χ4n) is 2.71. The fourth-order valence-corrected chi connectivity index (χ4v) is 4.38. The summed E-state index contributed by atoms with van der Waals surface area (Å²) in [5, 5.41) is 2.82. The van der Waals surface area contributed by atoms with E-state index in [0.717, 1.165) is 5.56 Å². The number of carbonyl (C=O) groups excluding carboxylic acids is 1. The van der Waals surface area contributed by atoms with Crippen molar-refractivity contribution in [3.63, 3.8) is 0 Å². The minimum absolute atomic E-state index is 0.00692. The van der Waals surface area contributed by atoms with Gasteiger partial charge in [0.15, 0.2) is 9.84 Å². The van der Waals surface area contributed by atoms with E-state index in [4.69, 9.17) is 0 Å². The van der Waals surface area contributed by atoms with Gasteiger partial charge in [-0.1, -0.05) is 26.0 Å². The molecule has 0 spiro atoms. The standard InChI is InChI=1S/C15H20FNO3S/c1-10(2)14(11-3-5-12(16)6-4-11)15(18)17-13-7-8-21(19,20)9-13/h3-6,10,13-14H,7-9H2,1-2H3,(H,17,18). The van der Waals surface area contributed by atoms with Crippen molar-refractivity contribution >= 4 is 15.7 Å². The Morgan fingerprint density at radius 3 is 2.38 bits per heavy atom. The summed E-state index contributed by atoms with van der Waals surface area (Å²) in [6.07, 6.45) is 0.461. The summed E-state index contributed by atoms with van der Waals surface area (Å²) >= 11 is 0. The number of rotatable bonds is 4. The molecular formula is C15H20FNO3S. The first-order chi connectivity index (χ1) is 9.78. The quantitative estimate of drug-likeness (QED) is 0.923. The summed E-state index contributed by atoms with van der Waals surface area (Å²) in [7, 11) is -3.02. The number of nitrogens with one attached hydrogen (secondary N) is 1. The van der Waals surface area contributed by atoms with Crippen molar-refractivity contribution in [3.05, 3.63) is 35.6 Å². The molecule has 1 aliphatic heterocycles. The number of hydrogen-bond acceptors (Lipinski definition) is 3. The molecule has 21 heavy (non-hydrogen) atoms. The van der Waals surface area contributed by atoms with Gasteiger partial charge in [0.2, 0.25) is 5.91 Å². The molecule has 1 fully saturated rings. The fraction of sp³-hybridized carbons (Fsp3) is 0.533. The van der Waals surface area contributed by atoms with Crippen LogP contribution in [0.4, 0.5) is 4.39 Å². The zero-order valence-electron chi connectivity index (χ0n) is 12.2. The first-order valence-corrected chi connectivity index (χ1v) is 8.87. The van der Waals surface area contributed by atoms with Gasteiger partial charge < -0.3 is 5.32 Å². The normalized spacial score (nSPS) is 22.2. The summed E-state index contributed by atoms with van der Waals surface area (Å²) in [5.41, 5.74) is 0.741. The topological polar surface area (TPSA) is 63.2 Å². The molecule has 116 valence electrons. The summed E-state index contributed by atoms with van der Waals surface area (Å²) in [6, 6.07) is 5.55. The van der Waals surface area contributed by atoms with E-state index in [0.29, 0.717) is 6.42 Å². The molecule has 1 heterocycles. The Labute approximate surface area is 124 Å². The number of sulfone groups is 1. The Balaban J connectivity index is 2.11. The van der Waals surface area contributed by atoms with E-state index < -0.39 is 15.8 Å². The van der Waals surface area contributed by atoms with Crippen LogP contribution in [-0.2, 0) is 14.6 Å². The molecular weight excluding hydrogens is 293 g/mol. The highest BCUT2D eigenvalue weighted by molar-refractivity contribution is 7.91. The number of carbonyl (C=O) groups is 1. The lowest BCUT2D eigenvalue weighted by atomic mass is 9.87. The highest BCUT2D eigenvalue weighted by atomic mass is 32.2. The van der Waals surface area contributed by atoms with Crippen molar-refractivity contribution in [2.45, 2.75) is 32.2 Å². The molecule has 1 aromatic carbocycles. The average Bonchev–Trinajstić information content (AvgIpc) is 2.71. The molecule has 0 saturated carbocycles. The lowest BCUT2D eigenvalue weighted by molar-refractivity contribution is -0.124. The molecule has 4 nitrogen and oxygen atoms in total. The van der Waals surface area contributed by atoms with Gasteiger partial charge in [0.05, 0.1) is 17.4 Å². The van der Waals surface area contributed by atoms with Crippen LogP contribution in [0.2, 0.25) is 0 Å². The number of amides is 1. The van der Waals surface area contributed by atoms with E-state index >= 15 is 0 Å². The Kier molecular flexibility index (Phi) is 4.66. The van der Waals surface area contributed by atoms with Gasteiger partial charge in [-0.25, -0.2) is 12.8 Å². The first kappa shape index (κ1) is 15.9. The van der Waals surface area contributed by atoms with Gasteiger partial charge in [-0.3, -0.25) is 4.79 Å². The number of halogens is 1. The first-order valence-electron chi connectivity index (χ1n) is 7.05. The Morgan fingerprint density at radius 2 is 1.90 bits per heavy atom. The molecule has 1 saturated heterocycles. The van der Waals surface area contributed by atoms with Crippen LogP contribution in [0.1, 0.15) is 31.7 Å². The Hall–Kier alpha value is -1.43. The van der Waals surface area contributed by atoms with E-state index in [-0.39, 0.29) is 35.2 Å². The maximum Gasteiger partial charge on any atom is 0.228 e. The SMILES string of the molecule is CC(C)C(C(=O)NC1CCS(=O)(=O)C1)c1ccc(F)cc1. The molecule has 6 heteroatoms. The van der Waals surface area contributed by atoms with Gasteiger partial charge in [-0.05, 0) is 30.0 Å². The maximum atomic E-state index is 13.0. The lowest BCUT2D eigenvalue weighted by Gasteiger charge is -2.22. The number of benzene rings is 1. The van der Waals surface area contributed by atoms with E-state index in [1.165, 1.54) is 12.1 Å². The van der Waals surface area contributed by atoms with Crippen LogP contribution in [0.25, 0.3) is 0 Å². The predicted octanol–water partition coefficient (Wildman–Crippen LogP) is 1.87. The van der Waals surface area contributed by atoms with Crippen LogP contribution in [0, 0.1) is 11.7 Å². The van der Waals surface area contributed by atoms with E-state index in [1.807, 2.05) is 13.8 Å². The molecule has 1 aliphatic rings. The molecule has 2 unspecified atom stereocenters. The zero-order valence-corrected chi connectivity index (χ0v) is 13.0. The van der Waals surface area contributed by atoms with E-state index in [9.17, 15) is 17.6 Å².